The summed E-state index contributed by atoms with van der Waals surface area (Å²) in [7, 11) is 0. The number of carbonyl (C=O) groups excluding carboxylic acids is 1. The lowest BCUT2D eigenvalue weighted by Gasteiger charge is -2.34. The molecule has 2 heterocycles. The van der Waals surface area contributed by atoms with Crippen molar-refractivity contribution in [2.45, 2.75) is 50.9 Å². The van der Waals surface area contributed by atoms with Gasteiger partial charge in [0.1, 0.15) is 6.10 Å². The number of carboxylic acids is 1. The highest BCUT2D eigenvalue weighted by molar-refractivity contribution is 5.82. The molecule has 1 amide bonds. The lowest BCUT2D eigenvalue weighted by molar-refractivity contribution is -0.155. The number of likely N-dealkylation sites (tertiary alicyclic amines) is 1. The van der Waals surface area contributed by atoms with Gasteiger partial charge in [0.2, 0.25) is 0 Å². The van der Waals surface area contributed by atoms with Crippen LogP contribution in [0.3, 0.4) is 0 Å². The summed E-state index contributed by atoms with van der Waals surface area (Å²) in [4.78, 5) is 24.7. The Hall–Kier alpha value is -1.14. The van der Waals surface area contributed by atoms with Crippen molar-refractivity contribution in [2.24, 2.45) is 5.92 Å². The molecule has 0 aromatic carbocycles. The number of aliphatic carboxylic acids is 1. The van der Waals surface area contributed by atoms with Crippen molar-refractivity contribution in [1.29, 1.82) is 0 Å². The molecule has 19 heavy (non-hydrogen) atoms. The van der Waals surface area contributed by atoms with Gasteiger partial charge < -0.3 is 19.8 Å². The molecule has 6 nitrogen and oxygen atoms in total. The average Bonchev–Trinajstić information content (AvgIpc) is 2.87. The standard InChI is InChI=1S/C13H21NO5/c1-8(15)9-4-6-14(7-5-9)12(16)10-2-3-11(19-10)13(17)18/h8-11,15H,2-7H2,1H3,(H,17,18)/t8?,10-,11+/m0/s1. The molecule has 3 atom stereocenters. The van der Waals surface area contributed by atoms with Gasteiger partial charge in [0.15, 0.2) is 6.10 Å². The zero-order chi connectivity index (χ0) is 14.0. The highest BCUT2D eigenvalue weighted by atomic mass is 16.5. The van der Waals surface area contributed by atoms with Crippen LogP contribution in [0.5, 0.6) is 0 Å². The molecule has 2 aliphatic rings. The number of carbonyl (C=O) groups is 2. The zero-order valence-corrected chi connectivity index (χ0v) is 11.1. The quantitative estimate of drug-likeness (QED) is 0.767. The second kappa shape index (κ2) is 5.88. The van der Waals surface area contributed by atoms with Gasteiger partial charge in [-0.2, -0.15) is 0 Å². The molecule has 0 aliphatic carbocycles. The number of hydrogen-bond acceptors (Lipinski definition) is 4. The van der Waals surface area contributed by atoms with Crippen LogP contribution in [0.1, 0.15) is 32.6 Å². The third-order valence-corrected chi connectivity index (χ3v) is 4.10. The van der Waals surface area contributed by atoms with Crippen molar-refractivity contribution in [3.63, 3.8) is 0 Å². The molecule has 2 N–H and O–H groups in total. The molecule has 0 bridgehead atoms. The third kappa shape index (κ3) is 3.25. The van der Waals surface area contributed by atoms with E-state index in [1.54, 1.807) is 11.8 Å². The van der Waals surface area contributed by atoms with Crippen LogP contribution in [0.15, 0.2) is 0 Å². The molecule has 0 aromatic heterocycles. The smallest absolute Gasteiger partial charge is 0.332 e. The Balaban J connectivity index is 1.83. The molecule has 108 valence electrons. The number of rotatable bonds is 3. The van der Waals surface area contributed by atoms with Crippen molar-refractivity contribution in [3.05, 3.63) is 0 Å². The molecule has 0 radical (unpaired) electrons. The first-order valence-corrected chi connectivity index (χ1v) is 6.84. The van der Waals surface area contributed by atoms with E-state index in [0.29, 0.717) is 25.9 Å². The van der Waals surface area contributed by atoms with Gasteiger partial charge in [-0.25, -0.2) is 4.79 Å². The highest BCUT2D eigenvalue weighted by Crippen LogP contribution is 2.25. The van der Waals surface area contributed by atoms with Crippen molar-refractivity contribution < 1.29 is 24.5 Å². The van der Waals surface area contributed by atoms with Gasteiger partial charge in [-0.15, -0.1) is 0 Å². The fourth-order valence-corrected chi connectivity index (χ4v) is 2.81. The minimum atomic E-state index is -0.997. The van der Waals surface area contributed by atoms with Gasteiger partial charge in [0.05, 0.1) is 6.10 Å². The molecule has 2 rings (SSSR count). The van der Waals surface area contributed by atoms with Crippen molar-refractivity contribution in [2.75, 3.05) is 13.1 Å². The van der Waals surface area contributed by atoms with Crippen LogP contribution >= 0.6 is 0 Å². The fraction of sp³-hybridized carbons (Fsp3) is 0.846. The number of piperidine rings is 1. The maximum absolute atomic E-state index is 12.2. The molecule has 6 heteroatoms. The Kier molecular flexibility index (Phi) is 4.42. The topological polar surface area (TPSA) is 87.1 Å². The molecule has 0 spiro atoms. The summed E-state index contributed by atoms with van der Waals surface area (Å²) in [5.74, 6) is -0.851. The van der Waals surface area contributed by atoms with Crippen LogP contribution in [-0.4, -0.2) is 58.4 Å². The number of ether oxygens (including phenoxy) is 1. The van der Waals surface area contributed by atoms with Gasteiger partial charge >= 0.3 is 5.97 Å². The van der Waals surface area contributed by atoms with Crippen molar-refractivity contribution in [3.8, 4) is 0 Å². The molecule has 0 saturated carbocycles. The number of hydrogen-bond donors (Lipinski definition) is 2. The van der Waals surface area contributed by atoms with Gasteiger partial charge in [0, 0.05) is 13.1 Å². The third-order valence-electron chi connectivity index (χ3n) is 4.10. The average molecular weight is 271 g/mol. The zero-order valence-electron chi connectivity index (χ0n) is 11.1. The summed E-state index contributed by atoms with van der Waals surface area (Å²) in [6.45, 7) is 3.01. The Morgan fingerprint density at radius 3 is 2.21 bits per heavy atom. The number of carboxylic acid groups (broad SMARTS) is 1. The number of aliphatic hydroxyl groups excluding tert-OH is 1. The first kappa shape index (κ1) is 14.3. The van der Waals surface area contributed by atoms with Gasteiger partial charge in [0.25, 0.3) is 5.91 Å². The Morgan fingerprint density at radius 1 is 1.16 bits per heavy atom. The maximum Gasteiger partial charge on any atom is 0.332 e. The molecule has 1 unspecified atom stereocenters. The van der Waals surface area contributed by atoms with Gasteiger partial charge in [-0.05, 0) is 38.5 Å². The van der Waals surface area contributed by atoms with E-state index in [1.165, 1.54) is 0 Å². The predicted molar refractivity (Wildman–Crippen MR) is 66.5 cm³/mol. The highest BCUT2D eigenvalue weighted by Gasteiger charge is 2.37. The summed E-state index contributed by atoms with van der Waals surface area (Å²) in [5, 5.41) is 18.4. The normalized spacial score (nSPS) is 30.3. The number of amides is 1. The van der Waals surface area contributed by atoms with E-state index in [1.807, 2.05) is 0 Å². The lowest BCUT2D eigenvalue weighted by atomic mass is 9.92. The summed E-state index contributed by atoms with van der Waals surface area (Å²) in [6, 6.07) is 0. The van der Waals surface area contributed by atoms with Crippen LogP contribution in [-0.2, 0) is 14.3 Å². The first-order valence-electron chi connectivity index (χ1n) is 6.84. The van der Waals surface area contributed by atoms with E-state index in [9.17, 15) is 14.7 Å². The monoisotopic (exact) mass is 271 g/mol. The van der Waals surface area contributed by atoms with E-state index >= 15 is 0 Å². The summed E-state index contributed by atoms with van der Waals surface area (Å²) >= 11 is 0. The van der Waals surface area contributed by atoms with Crippen molar-refractivity contribution in [1.82, 2.24) is 4.90 Å². The molecule has 2 aliphatic heterocycles. The number of nitrogens with zero attached hydrogens (tertiary/aromatic N) is 1. The Morgan fingerprint density at radius 2 is 1.74 bits per heavy atom. The van der Waals surface area contributed by atoms with Crippen LogP contribution in [0.4, 0.5) is 0 Å². The largest absolute Gasteiger partial charge is 0.479 e. The van der Waals surface area contributed by atoms with Crippen LogP contribution in [0, 0.1) is 5.92 Å². The molecular weight excluding hydrogens is 250 g/mol. The van der Waals surface area contributed by atoms with E-state index < -0.39 is 18.2 Å². The Labute approximate surface area is 112 Å². The van der Waals surface area contributed by atoms with Gasteiger partial charge in [-0.3, -0.25) is 4.79 Å². The van der Waals surface area contributed by atoms with Crippen molar-refractivity contribution >= 4 is 11.9 Å². The molecular formula is C13H21NO5. The number of aliphatic hydroxyl groups is 1. The van der Waals surface area contributed by atoms with E-state index in [-0.39, 0.29) is 17.9 Å². The summed E-state index contributed by atoms with van der Waals surface area (Å²) in [6.07, 6.45) is 0.670. The second-order valence-corrected chi connectivity index (χ2v) is 5.43. The fourth-order valence-electron chi connectivity index (χ4n) is 2.81. The maximum atomic E-state index is 12.2. The summed E-state index contributed by atoms with van der Waals surface area (Å²) in [5.41, 5.74) is 0. The minimum absolute atomic E-state index is 0.104. The molecule has 2 fully saturated rings. The second-order valence-electron chi connectivity index (χ2n) is 5.43. The Bertz CT molecular complexity index is 349. The summed E-state index contributed by atoms with van der Waals surface area (Å²) < 4.78 is 5.27. The first-order chi connectivity index (χ1) is 8.99. The molecule has 0 aromatic rings. The predicted octanol–water partition coefficient (Wildman–Crippen LogP) is 0.238. The van der Waals surface area contributed by atoms with Crippen LogP contribution in [0.2, 0.25) is 0 Å². The lowest BCUT2D eigenvalue weighted by Crippen LogP contribution is -2.45. The molecule has 2 saturated heterocycles. The van der Waals surface area contributed by atoms with Crippen LogP contribution in [0.25, 0.3) is 0 Å². The van der Waals surface area contributed by atoms with E-state index in [0.717, 1.165) is 12.8 Å². The van der Waals surface area contributed by atoms with E-state index in [4.69, 9.17) is 9.84 Å². The van der Waals surface area contributed by atoms with E-state index in [2.05, 4.69) is 0 Å². The SMILES string of the molecule is CC(O)C1CCN(C(=O)[C@@H]2CC[C@H](C(=O)O)O2)CC1. The minimum Gasteiger partial charge on any atom is -0.479 e. The van der Waals surface area contributed by atoms with Gasteiger partial charge in [-0.1, -0.05) is 0 Å². The van der Waals surface area contributed by atoms with Crippen LogP contribution < -0.4 is 0 Å².